The lowest BCUT2D eigenvalue weighted by atomic mass is 9.87. The van der Waals surface area contributed by atoms with Gasteiger partial charge in [0.05, 0.1) is 25.0 Å². The highest BCUT2D eigenvalue weighted by atomic mass is 16.3. The summed E-state index contributed by atoms with van der Waals surface area (Å²) in [6.07, 6.45) is 7.62. The first-order valence-corrected chi connectivity index (χ1v) is 6.02. The van der Waals surface area contributed by atoms with Crippen molar-refractivity contribution in [3.8, 4) is 0 Å². The standard InChI is InChI=1S/C12H21N3O/c1-12(2)5-3-4-11(12)14-10-8-13-15(9-10)6-7-16/h8-9,11,14,16H,3-7H2,1-2H3. The smallest absolute Gasteiger partial charge is 0.0728 e. The third-order valence-corrected chi connectivity index (χ3v) is 3.56. The number of nitrogens with one attached hydrogen (secondary N) is 1. The van der Waals surface area contributed by atoms with E-state index in [0.717, 1.165) is 5.69 Å². The number of aliphatic hydroxyl groups is 1. The van der Waals surface area contributed by atoms with E-state index in [4.69, 9.17) is 5.11 Å². The minimum Gasteiger partial charge on any atom is -0.394 e. The molecule has 0 aromatic carbocycles. The fourth-order valence-electron chi connectivity index (χ4n) is 2.46. The highest BCUT2D eigenvalue weighted by molar-refractivity contribution is 5.40. The van der Waals surface area contributed by atoms with E-state index in [-0.39, 0.29) is 6.61 Å². The molecule has 0 aliphatic heterocycles. The number of nitrogens with zero attached hydrogens (tertiary/aromatic N) is 2. The Hall–Kier alpha value is -1.03. The molecule has 4 nitrogen and oxygen atoms in total. The maximum Gasteiger partial charge on any atom is 0.0728 e. The lowest BCUT2D eigenvalue weighted by Crippen LogP contribution is -2.30. The van der Waals surface area contributed by atoms with Crippen molar-refractivity contribution in [2.75, 3.05) is 11.9 Å². The highest BCUT2D eigenvalue weighted by Gasteiger charge is 2.34. The molecule has 1 unspecified atom stereocenters. The summed E-state index contributed by atoms with van der Waals surface area (Å²) in [5.74, 6) is 0. The van der Waals surface area contributed by atoms with E-state index < -0.39 is 0 Å². The Labute approximate surface area is 96.7 Å². The van der Waals surface area contributed by atoms with E-state index in [9.17, 15) is 0 Å². The molecule has 1 atom stereocenters. The van der Waals surface area contributed by atoms with E-state index >= 15 is 0 Å². The summed E-state index contributed by atoms with van der Waals surface area (Å²) in [5, 5.41) is 16.5. The molecule has 0 radical (unpaired) electrons. The van der Waals surface area contributed by atoms with Gasteiger partial charge >= 0.3 is 0 Å². The zero-order valence-corrected chi connectivity index (χ0v) is 10.1. The van der Waals surface area contributed by atoms with Gasteiger partial charge in [0, 0.05) is 12.2 Å². The summed E-state index contributed by atoms with van der Waals surface area (Å²) < 4.78 is 1.77. The van der Waals surface area contributed by atoms with Gasteiger partial charge in [-0.25, -0.2) is 0 Å². The number of aromatic nitrogens is 2. The molecular weight excluding hydrogens is 202 g/mol. The fourth-order valence-corrected chi connectivity index (χ4v) is 2.46. The van der Waals surface area contributed by atoms with Gasteiger partial charge in [-0.15, -0.1) is 0 Å². The van der Waals surface area contributed by atoms with E-state index in [2.05, 4.69) is 24.3 Å². The lowest BCUT2D eigenvalue weighted by Gasteiger charge is -2.28. The molecule has 16 heavy (non-hydrogen) atoms. The van der Waals surface area contributed by atoms with Crippen LogP contribution in [0.25, 0.3) is 0 Å². The Bertz CT molecular complexity index is 346. The summed E-state index contributed by atoms with van der Waals surface area (Å²) in [4.78, 5) is 0. The van der Waals surface area contributed by atoms with Crippen LogP contribution in [0.3, 0.4) is 0 Å². The summed E-state index contributed by atoms with van der Waals surface area (Å²) in [7, 11) is 0. The van der Waals surface area contributed by atoms with E-state index in [1.807, 2.05) is 12.4 Å². The molecule has 1 saturated carbocycles. The van der Waals surface area contributed by atoms with Crippen LogP contribution in [0.2, 0.25) is 0 Å². The van der Waals surface area contributed by atoms with Gasteiger partial charge in [0.25, 0.3) is 0 Å². The topological polar surface area (TPSA) is 50.1 Å². The Morgan fingerprint density at radius 3 is 3.06 bits per heavy atom. The molecule has 4 heteroatoms. The average Bonchev–Trinajstić information content (AvgIpc) is 2.76. The highest BCUT2D eigenvalue weighted by Crippen LogP contribution is 2.38. The van der Waals surface area contributed by atoms with Gasteiger partial charge in [0.2, 0.25) is 0 Å². The number of anilines is 1. The Morgan fingerprint density at radius 1 is 1.62 bits per heavy atom. The number of aliphatic hydroxyl groups excluding tert-OH is 1. The van der Waals surface area contributed by atoms with Gasteiger partial charge in [0.15, 0.2) is 0 Å². The normalized spacial score (nSPS) is 23.6. The summed E-state index contributed by atoms with van der Waals surface area (Å²) in [6.45, 7) is 5.33. The van der Waals surface area contributed by atoms with Crippen LogP contribution in [0.5, 0.6) is 0 Å². The van der Waals surface area contributed by atoms with Crippen molar-refractivity contribution in [2.45, 2.75) is 45.7 Å². The molecule has 1 aromatic rings. The van der Waals surface area contributed by atoms with Crippen molar-refractivity contribution in [2.24, 2.45) is 5.41 Å². The Balaban J connectivity index is 1.98. The number of hydrogen-bond acceptors (Lipinski definition) is 3. The van der Waals surface area contributed by atoms with Crippen molar-refractivity contribution < 1.29 is 5.11 Å². The van der Waals surface area contributed by atoms with Crippen molar-refractivity contribution >= 4 is 5.69 Å². The number of hydrogen-bond donors (Lipinski definition) is 2. The molecule has 1 heterocycles. The minimum absolute atomic E-state index is 0.135. The molecule has 1 aliphatic rings. The molecule has 2 rings (SSSR count). The second kappa shape index (κ2) is 4.45. The minimum atomic E-state index is 0.135. The zero-order chi connectivity index (χ0) is 11.6. The maximum absolute atomic E-state index is 8.82. The van der Waals surface area contributed by atoms with Gasteiger partial charge < -0.3 is 10.4 Å². The summed E-state index contributed by atoms with van der Waals surface area (Å²) >= 11 is 0. The average molecular weight is 223 g/mol. The molecule has 0 saturated heterocycles. The second-order valence-electron chi connectivity index (χ2n) is 5.29. The van der Waals surface area contributed by atoms with Crippen molar-refractivity contribution in [3.05, 3.63) is 12.4 Å². The van der Waals surface area contributed by atoms with Gasteiger partial charge in [-0.1, -0.05) is 20.3 Å². The first kappa shape index (κ1) is 11.5. The predicted octanol–water partition coefficient (Wildman–Crippen LogP) is 1.87. The van der Waals surface area contributed by atoms with E-state index in [1.165, 1.54) is 19.3 Å². The van der Waals surface area contributed by atoms with Crippen LogP contribution >= 0.6 is 0 Å². The first-order chi connectivity index (χ1) is 7.62. The van der Waals surface area contributed by atoms with Crippen LogP contribution in [0.15, 0.2) is 12.4 Å². The fraction of sp³-hybridized carbons (Fsp3) is 0.750. The van der Waals surface area contributed by atoms with Gasteiger partial charge in [-0.3, -0.25) is 4.68 Å². The first-order valence-electron chi connectivity index (χ1n) is 6.02. The number of rotatable bonds is 4. The maximum atomic E-state index is 8.82. The molecule has 1 fully saturated rings. The van der Waals surface area contributed by atoms with Crippen LogP contribution in [0, 0.1) is 5.41 Å². The lowest BCUT2D eigenvalue weighted by molar-refractivity contribution is 0.269. The van der Waals surface area contributed by atoms with Gasteiger partial charge in [0.1, 0.15) is 0 Å². The van der Waals surface area contributed by atoms with Crippen LogP contribution in [0.4, 0.5) is 5.69 Å². The quantitative estimate of drug-likeness (QED) is 0.819. The van der Waals surface area contributed by atoms with Crippen LogP contribution in [0.1, 0.15) is 33.1 Å². The molecule has 0 bridgehead atoms. The molecular formula is C12H21N3O. The molecule has 1 aliphatic carbocycles. The zero-order valence-electron chi connectivity index (χ0n) is 10.1. The van der Waals surface area contributed by atoms with E-state index in [0.29, 0.717) is 18.0 Å². The van der Waals surface area contributed by atoms with Crippen molar-refractivity contribution in [1.82, 2.24) is 9.78 Å². The third-order valence-electron chi connectivity index (χ3n) is 3.56. The van der Waals surface area contributed by atoms with E-state index in [1.54, 1.807) is 4.68 Å². The molecule has 2 N–H and O–H groups in total. The Kier molecular flexibility index (Phi) is 3.19. The summed E-state index contributed by atoms with van der Waals surface area (Å²) in [6, 6.07) is 0.541. The van der Waals surface area contributed by atoms with Crippen molar-refractivity contribution in [1.29, 1.82) is 0 Å². The van der Waals surface area contributed by atoms with Gasteiger partial charge in [-0.05, 0) is 18.3 Å². The second-order valence-corrected chi connectivity index (χ2v) is 5.29. The van der Waals surface area contributed by atoms with Gasteiger partial charge in [-0.2, -0.15) is 5.10 Å². The largest absolute Gasteiger partial charge is 0.394 e. The molecule has 1 aromatic heterocycles. The predicted molar refractivity (Wildman–Crippen MR) is 64.4 cm³/mol. The molecule has 0 amide bonds. The molecule has 0 spiro atoms. The van der Waals surface area contributed by atoms with Crippen LogP contribution < -0.4 is 5.32 Å². The molecule has 90 valence electrons. The van der Waals surface area contributed by atoms with Crippen LogP contribution in [-0.2, 0) is 6.54 Å². The SMILES string of the molecule is CC1(C)CCCC1Nc1cnn(CCO)c1. The third kappa shape index (κ3) is 2.38. The summed E-state index contributed by atoms with van der Waals surface area (Å²) in [5.41, 5.74) is 1.44. The Morgan fingerprint density at radius 2 is 2.44 bits per heavy atom. The van der Waals surface area contributed by atoms with Crippen LogP contribution in [-0.4, -0.2) is 27.5 Å². The monoisotopic (exact) mass is 223 g/mol. The van der Waals surface area contributed by atoms with Crippen molar-refractivity contribution in [3.63, 3.8) is 0 Å².